The lowest BCUT2D eigenvalue weighted by atomic mass is 10.1. The maximum atomic E-state index is 11.1. The molecule has 0 aliphatic rings. The number of aromatic amines is 1. The van der Waals surface area contributed by atoms with E-state index in [4.69, 9.17) is 5.11 Å². The molecule has 1 aromatic carbocycles. The van der Waals surface area contributed by atoms with Crippen molar-refractivity contribution in [3.63, 3.8) is 0 Å². The Balaban J connectivity index is 2.36. The number of imidazole rings is 1. The van der Waals surface area contributed by atoms with Gasteiger partial charge in [-0.3, -0.25) is 4.79 Å². The van der Waals surface area contributed by atoms with Crippen molar-refractivity contribution in [2.75, 3.05) is 0 Å². The summed E-state index contributed by atoms with van der Waals surface area (Å²) in [6.45, 7) is 1.83. The molecule has 1 atom stereocenters. The molecule has 0 aliphatic carbocycles. The molecule has 0 fully saturated rings. The van der Waals surface area contributed by atoms with E-state index in [1.165, 1.54) is 0 Å². The Hall–Kier alpha value is -1.62. The molecule has 0 spiro atoms. The van der Waals surface area contributed by atoms with Crippen LogP contribution in [0.5, 0.6) is 0 Å². The predicted octanol–water partition coefficient (Wildman–Crippen LogP) is 3.42. The van der Waals surface area contributed by atoms with Gasteiger partial charge in [-0.15, -0.1) is 0 Å². The molecule has 4 nitrogen and oxygen atoms in total. The molecule has 1 heterocycles. The Morgan fingerprint density at radius 2 is 2.22 bits per heavy atom. The minimum Gasteiger partial charge on any atom is -0.481 e. The molecule has 0 bridgehead atoms. The first-order chi connectivity index (χ1) is 8.63. The van der Waals surface area contributed by atoms with Crippen molar-refractivity contribution in [1.82, 2.24) is 9.97 Å². The molecule has 5 heteroatoms. The van der Waals surface area contributed by atoms with E-state index in [-0.39, 0.29) is 0 Å². The Morgan fingerprint density at radius 3 is 2.83 bits per heavy atom. The molecule has 94 valence electrons. The maximum absolute atomic E-state index is 11.1. The fourth-order valence-corrected chi connectivity index (χ4v) is 2.31. The summed E-state index contributed by atoms with van der Waals surface area (Å²) in [6.07, 6.45) is 2.18. The number of carboxylic acids is 1. The van der Waals surface area contributed by atoms with Crippen LogP contribution < -0.4 is 0 Å². The first kappa shape index (κ1) is 12.8. The van der Waals surface area contributed by atoms with Crippen LogP contribution in [0.25, 0.3) is 11.3 Å². The number of nitrogens with one attached hydrogen (secondary N) is 1. The quantitative estimate of drug-likeness (QED) is 0.909. The Labute approximate surface area is 113 Å². The first-order valence-corrected chi connectivity index (χ1v) is 6.45. The van der Waals surface area contributed by atoms with Crippen LogP contribution in [0.1, 0.15) is 25.1 Å². The van der Waals surface area contributed by atoms with Crippen molar-refractivity contribution >= 4 is 21.9 Å². The monoisotopic (exact) mass is 308 g/mol. The molecule has 0 radical (unpaired) electrons. The predicted molar refractivity (Wildman–Crippen MR) is 72.4 cm³/mol. The molecule has 0 saturated heterocycles. The average Bonchev–Trinajstić information content (AvgIpc) is 2.79. The largest absolute Gasteiger partial charge is 0.481 e. The van der Waals surface area contributed by atoms with Gasteiger partial charge in [-0.2, -0.15) is 0 Å². The summed E-state index contributed by atoms with van der Waals surface area (Å²) in [5, 5.41) is 9.09. The van der Waals surface area contributed by atoms with E-state index >= 15 is 0 Å². The third-order valence-electron chi connectivity index (χ3n) is 2.80. The number of benzene rings is 1. The number of aliphatic carboxylic acids is 1. The van der Waals surface area contributed by atoms with Crippen LogP contribution in [-0.4, -0.2) is 21.0 Å². The van der Waals surface area contributed by atoms with Crippen molar-refractivity contribution in [1.29, 1.82) is 0 Å². The summed E-state index contributed by atoms with van der Waals surface area (Å²) in [6, 6.07) is 7.74. The number of halogens is 1. The van der Waals surface area contributed by atoms with Gasteiger partial charge in [-0.05, 0) is 12.5 Å². The zero-order valence-electron chi connectivity index (χ0n) is 9.85. The highest BCUT2D eigenvalue weighted by atomic mass is 79.9. The second kappa shape index (κ2) is 5.35. The minimum absolute atomic E-state index is 0.496. The highest BCUT2D eigenvalue weighted by molar-refractivity contribution is 9.10. The molecule has 2 aromatic rings. The summed E-state index contributed by atoms with van der Waals surface area (Å²) < 4.78 is 0.948. The van der Waals surface area contributed by atoms with Gasteiger partial charge < -0.3 is 10.1 Å². The van der Waals surface area contributed by atoms with Crippen LogP contribution in [0.2, 0.25) is 0 Å². The van der Waals surface area contributed by atoms with Crippen LogP contribution in [0.4, 0.5) is 0 Å². The Morgan fingerprint density at radius 1 is 1.50 bits per heavy atom. The standard InChI is InChI=1S/C13H13BrN2O2/c1-2-8(13(17)18)12-15-7-11(16-12)9-5-3-4-6-10(9)14/h3-8H,2H2,1H3,(H,15,16)(H,17,18). The van der Waals surface area contributed by atoms with E-state index in [0.29, 0.717) is 12.2 Å². The number of carboxylic acid groups (broad SMARTS) is 1. The van der Waals surface area contributed by atoms with Gasteiger partial charge in [0.2, 0.25) is 0 Å². The number of hydrogen-bond donors (Lipinski definition) is 2. The fraction of sp³-hybridized carbons (Fsp3) is 0.231. The topological polar surface area (TPSA) is 66.0 Å². The van der Waals surface area contributed by atoms with Crippen LogP contribution in [0.3, 0.4) is 0 Å². The van der Waals surface area contributed by atoms with Gasteiger partial charge in [0, 0.05) is 10.0 Å². The molecule has 0 saturated carbocycles. The number of rotatable bonds is 4. The van der Waals surface area contributed by atoms with E-state index in [1.54, 1.807) is 6.20 Å². The van der Waals surface area contributed by atoms with Crippen molar-refractivity contribution < 1.29 is 9.90 Å². The molecule has 0 aliphatic heterocycles. The average molecular weight is 309 g/mol. The third kappa shape index (κ3) is 2.46. The van der Waals surface area contributed by atoms with Crippen molar-refractivity contribution in [3.8, 4) is 11.3 Å². The zero-order valence-corrected chi connectivity index (χ0v) is 11.4. The van der Waals surface area contributed by atoms with Crippen molar-refractivity contribution in [2.45, 2.75) is 19.3 Å². The van der Waals surface area contributed by atoms with E-state index in [2.05, 4.69) is 25.9 Å². The van der Waals surface area contributed by atoms with E-state index in [1.807, 2.05) is 31.2 Å². The van der Waals surface area contributed by atoms with Gasteiger partial charge in [0.1, 0.15) is 11.7 Å². The third-order valence-corrected chi connectivity index (χ3v) is 3.49. The lowest BCUT2D eigenvalue weighted by molar-refractivity contribution is -0.139. The molecule has 0 amide bonds. The van der Waals surface area contributed by atoms with Gasteiger partial charge in [0.05, 0.1) is 11.9 Å². The first-order valence-electron chi connectivity index (χ1n) is 5.66. The molecular formula is C13H13BrN2O2. The second-order valence-electron chi connectivity index (χ2n) is 3.96. The lowest BCUT2D eigenvalue weighted by Crippen LogP contribution is -2.11. The smallest absolute Gasteiger partial charge is 0.314 e. The lowest BCUT2D eigenvalue weighted by Gasteiger charge is -2.05. The van der Waals surface area contributed by atoms with Gasteiger partial charge in [-0.25, -0.2) is 4.98 Å². The summed E-state index contributed by atoms with van der Waals surface area (Å²) >= 11 is 3.46. The van der Waals surface area contributed by atoms with Gasteiger partial charge in [0.15, 0.2) is 0 Å². The maximum Gasteiger partial charge on any atom is 0.314 e. The normalized spacial score (nSPS) is 12.3. The van der Waals surface area contributed by atoms with Gasteiger partial charge in [-0.1, -0.05) is 41.1 Å². The van der Waals surface area contributed by atoms with Gasteiger partial charge in [0.25, 0.3) is 0 Å². The van der Waals surface area contributed by atoms with E-state index in [0.717, 1.165) is 15.7 Å². The summed E-state index contributed by atoms with van der Waals surface area (Å²) in [7, 11) is 0. The van der Waals surface area contributed by atoms with Crippen LogP contribution in [-0.2, 0) is 4.79 Å². The molecular weight excluding hydrogens is 296 g/mol. The number of nitrogens with zero attached hydrogens (tertiary/aromatic N) is 1. The Bertz CT molecular complexity index is 566. The number of hydrogen-bond acceptors (Lipinski definition) is 2. The van der Waals surface area contributed by atoms with E-state index < -0.39 is 11.9 Å². The molecule has 2 rings (SSSR count). The zero-order chi connectivity index (χ0) is 13.1. The van der Waals surface area contributed by atoms with Crippen molar-refractivity contribution in [3.05, 3.63) is 40.8 Å². The van der Waals surface area contributed by atoms with Gasteiger partial charge >= 0.3 is 5.97 Å². The summed E-state index contributed by atoms with van der Waals surface area (Å²) in [5.41, 5.74) is 1.79. The summed E-state index contributed by atoms with van der Waals surface area (Å²) in [4.78, 5) is 18.3. The fourth-order valence-electron chi connectivity index (χ4n) is 1.82. The highest BCUT2D eigenvalue weighted by Gasteiger charge is 2.21. The molecule has 1 aromatic heterocycles. The van der Waals surface area contributed by atoms with Crippen molar-refractivity contribution in [2.24, 2.45) is 0 Å². The van der Waals surface area contributed by atoms with Crippen LogP contribution in [0, 0.1) is 0 Å². The number of aromatic nitrogens is 2. The minimum atomic E-state index is -0.856. The van der Waals surface area contributed by atoms with Crippen LogP contribution in [0.15, 0.2) is 34.9 Å². The van der Waals surface area contributed by atoms with Crippen LogP contribution >= 0.6 is 15.9 Å². The summed E-state index contributed by atoms with van der Waals surface area (Å²) in [5.74, 6) is -0.942. The second-order valence-corrected chi connectivity index (χ2v) is 4.82. The van der Waals surface area contributed by atoms with E-state index in [9.17, 15) is 4.79 Å². The number of carbonyl (C=O) groups is 1. The molecule has 18 heavy (non-hydrogen) atoms. The Kier molecular flexibility index (Phi) is 3.81. The SMILES string of the molecule is CCC(C(=O)O)c1ncc(-c2ccccc2Br)[nH]1. The number of H-pyrrole nitrogens is 1. The highest BCUT2D eigenvalue weighted by Crippen LogP contribution is 2.28. The molecule has 2 N–H and O–H groups in total. The molecule has 1 unspecified atom stereocenters.